The number of nitrogens with zero attached hydrogens (tertiary/aromatic N) is 2. The minimum atomic E-state index is 0.590. The van der Waals surface area contributed by atoms with Crippen LogP contribution in [0.15, 0.2) is 47.1 Å². The molecule has 1 saturated heterocycles. The maximum absolute atomic E-state index is 5.10. The largest absolute Gasteiger partial charge is 0.360 e. The van der Waals surface area contributed by atoms with E-state index in [9.17, 15) is 0 Å². The fourth-order valence-corrected chi connectivity index (χ4v) is 2.72. The fraction of sp³-hybridized carbons (Fsp3) is 0.438. The quantitative estimate of drug-likeness (QED) is 0.907. The molecule has 0 atom stereocenters. The first kappa shape index (κ1) is 13.3. The van der Waals surface area contributed by atoms with Gasteiger partial charge in [0.25, 0.3) is 0 Å². The topological polar surface area (TPSA) is 41.3 Å². The summed E-state index contributed by atoms with van der Waals surface area (Å²) < 4.78 is 5.10. The van der Waals surface area contributed by atoms with Crippen LogP contribution >= 0.6 is 0 Å². The Hall–Kier alpha value is -1.65. The summed E-state index contributed by atoms with van der Waals surface area (Å²) in [6, 6.07) is 13.2. The third-order valence-electron chi connectivity index (χ3n) is 3.89. The lowest BCUT2D eigenvalue weighted by Crippen LogP contribution is -2.41. The normalized spacial score (nSPS) is 17.4. The van der Waals surface area contributed by atoms with Crippen LogP contribution in [0.1, 0.15) is 24.2 Å². The van der Waals surface area contributed by atoms with Crippen molar-refractivity contribution < 1.29 is 4.52 Å². The van der Waals surface area contributed by atoms with Crippen LogP contribution in [0.4, 0.5) is 0 Å². The Balaban J connectivity index is 1.40. The summed E-state index contributed by atoms with van der Waals surface area (Å²) in [4.78, 5) is 2.53. The molecule has 2 heterocycles. The lowest BCUT2D eigenvalue weighted by molar-refractivity contribution is 0.188. The highest BCUT2D eigenvalue weighted by atomic mass is 16.5. The average molecular weight is 271 g/mol. The standard InChI is InChI=1S/C16H21N3O/c1-2-4-14(5-3-1)13-19-10-7-15(8-11-19)17-12-16-6-9-18-20-16/h1-6,9,15,17H,7-8,10-13H2. The van der Waals surface area contributed by atoms with Crippen molar-refractivity contribution >= 4 is 0 Å². The molecular weight excluding hydrogens is 250 g/mol. The molecule has 0 spiro atoms. The number of likely N-dealkylation sites (tertiary alicyclic amines) is 1. The molecule has 1 aliphatic heterocycles. The van der Waals surface area contributed by atoms with E-state index in [1.165, 1.54) is 18.4 Å². The molecule has 1 aliphatic rings. The molecule has 2 aromatic rings. The Labute approximate surface area is 119 Å². The van der Waals surface area contributed by atoms with Crippen LogP contribution in [0.25, 0.3) is 0 Å². The number of rotatable bonds is 5. The smallest absolute Gasteiger partial charge is 0.150 e. The molecule has 0 aliphatic carbocycles. The van der Waals surface area contributed by atoms with E-state index in [4.69, 9.17) is 4.52 Å². The van der Waals surface area contributed by atoms with Gasteiger partial charge in [-0.3, -0.25) is 4.90 Å². The van der Waals surface area contributed by atoms with Crippen molar-refractivity contribution in [1.29, 1.82) is 0 Å². The number of hydrogen-bond donors (Lipinski definition) is 1. The van der Waals surface area contributed by atoms with E-state index in [0.29, 0.717) is 6.04 Å². The van der Waals surface area contributed by atoms with Gasteiger partial charge in [-0.15, -0.1) is 0 Å². The van der Waals surface area contributed by atoms with Gasteiger partial charge < -0.3 is 9.84 Å². The van der Waals surface area contributed by atoms with Crippen molar-refractivity contribution in [2.24, 2.45) is 0 Å². The van der Waals surface area contributed by atoms with Gasteiger partial charge in [0.2, 0.25) is 0 Å². The minimum absolute atomic E-state index is 0.590. The van der Waals surface area contributed by atoms with Gasteiger partial charge in [-0.25, -0.2) is 0 Å². The summed E-state index contributed by atoms with van der Waals surface area (Å²) in [7, 11) is 0. The molecule has 4 heteroatoms. The first-order chi connectivity index (χ1) is 9.90. The molecule has 106 valence electrons. The van der Waals surface area contributed by atoms with Crippen LogP contribution in [-0.4, -0.2) is 29.2 Å². The summed E-state index contributed by atoms with van der Waals surface area (Å²) in [5, 5.41) is 7.27. The maximum atomic E-state index is 5.10. The Bertz CT molecular complexity index is 490. The highest BCUT2D eigenvalue weighted by Gasteiger charge is 2.18. The van der Waals surface area contributed by atoms with Gasteiger partial charge in [0.05, 0.1) is 12.7 Å². The second-order valence-electron chi connectivity index (χ2n) is 5.40. The molecule has 1 aromatic heterocycles. The molecule has 1 aromatic carbocycles. The molecular formula is C16H21N3O. The van der Waals surface area contributed by atoms with Crippen LogP contribution in [0.5, 0.6) is 0 Å². The molecule has 0 saturated carbocycles. The number of hydrogen-bond acceptors (Lipinski definition) is 4. The SMILES string of the molecule is c1ccc(CN2CCC(NCc3ccno3)CC2)cc1. The Kier molecular flexibility index (Phi) is 4.46. The van der Waals surface area contributed by atoms with Crippen molar-refractivity contribution in [2.75, 3.05) is 13.1 Å². The molecule has 0 unspecified atom stereocenters. The van der Waals surface area contributed by atoms with Gasteiger partial charge in [0.15, 0.2) is 0 Å². The van der Waals surface area contributed by atoms with Crippen LogP contribution in [0.2, 0.25) is 0 Å². The van der Waals surface area contributed by atoms with E-state index < -0.39 is 0 Å². The fourth-order valence-electron chi connectivity index (χ4n) is 2.72. The summed E-state index contributed by atoms with van der Waals surface area (Å²) >= 11 is 0. The van der Waals surface area contributed by atoms with E-state index in [0.717, 1.165) is 31.9 Å². The summed E-state index contributed by atoms with van der Waals surface area (Å²) in [5.41, 5.74) is 1.40. The lowest BCUT2D eigenvalue weighted by atomic mass is 10.0. The van der Waals surface area contributed by atoms with Gasteiger partial charge in [-0.05, 0) is 31.5 Å². The maximum Gasteiger partial charge on any atom is 0.150 e. The van der Waals surface area contributed by atoms with E-state index in [1.807, 2.05) is 6.07 Å². The highest BCUT2D eigenvalue weighted by Crippen LogP contribution is 2.14. The molecule has 0 radical (unpaired) electrons. The molecule has 1 fully saturated rings. The highest BCUT2D eigenvalue weighted by molar-refractivity contribution is 5.14. The van der Waals surface area contributed by atoms with Gasteiger partial charge in [-0.1, -0.05) is 35.5 Å². The zero-order valence-electron chi connectivity index (χ0n) is 11.7. The van der Waals surface area contributed by atoms with Crippen LogP contribution in [0, 0.1) is 0 Å². The third-order valence-corrected chi connectivity index (χ3v) is 3.89. The monoisotopic (exact) mass is 271 g/mol. The second kappa shape index (κ2) is 6.68. The predicted octanol–water partition coefficient (Wildman–Crippen LogP) is 2.43. The van der Waals surface area contributed by atoms with Crippen molar-refractivity contribution in [3.05, 3.63) is 53.9 Å². The molecule has 1 N–H and O–H groups in total. The zero-order valence-corrected chi connectivity index (χ0v) is 11.7. The van der Waals surface area contributed by atoms with Crippen molar-refractivity contribution in [2.45, 2.75) is 32.0 Å². The van der Waals surface area contributed by atoms with E-state index in [-0.39, 0.29) is 0 Å². The van der Waals surface area contributed by atoms with Crippen molar-refractivity contribution in [3.63, 3.8) is 0 Å². The molecule has 0 bridgehead atoms. The molecule has 20 heavy (non-hydrogen) atoms. The van der Waals surface area contributed by atoms with E-state index >= 15 is 0 Å². The van der Waals surface area contributed by atoms with E-state index in [1.54, 1.807) is 6.20 Å². The predicted molar refractivity (Wildman–Crippen MR) is 78.1 cm³/mol. The van der Waals surface area contributed by atoms with E-state index in [2.05, 4.69) is 45.7 Å². The van der Waals surface area contributed by atoms with Crippen molar-refractivity contribution in [3.8, 4) is 0 Å². The zero-order chi connectivity index (χ0) is 13.6. The minimum Gasteiger partial charge on any atom is -0.360 e. The first-order valence-electron chi connectivity index (χ1n) is 7.29. The lowest BCUT2D eigenvalue weighted by Gasteiger charge is -2.32. The number of nitrogens with one attached hydrogen (secondary N) is 1. The van der Waals surface area contributed by atoms with Gasteiger partial charge in [0.1, 0.15) is 5.76 Å². The first-order valence-corrected chi connectivity index (χ1v) is 7.29. The second-order valence-corrected chi connectivity index (χ2v) is 5.40. The number of piperidine rings is 1. The van der Waals surface area contributed by atoms with Gasteiger partial charge in [-0.2, -0.15) is 0 Å². The third kappa shape index (κ3) is 3.68. The van der Waals surface area contributed by atoms with Crippen LogP contribution in [-0.2, 0) is 13.1 Å². The molecule has 3 rings (SSSR count). The molecule has 4 nitrogen and oxygen atoms in total. The summed E-state index contributed by atoms with van der Waals surface area (Å²) in [5.74, 6) is 0.914. The van der Waals surface area contributed by atoms with Gasteiger partial charge >= 0.3 is 0 Å². The van der Waals surface area contributed by atoms with Gasteiger partial charge in [0, 0.05) is 18.7 Å². The molecule has 0 amide bonds. The summed E-state index contributed by atoms with van der Waals surface area (Å²) in [6.07, 6.45) is 4.08. The average Bonchev–Trinajstić information content (AvgIpc) is 3.01. The Morgan fingerprint density at radius 3 is 2.65 bits per heavy atom. The Morgan fingerprint density at radius 2 is 1.95 bits per heavy atom. The van der Waals surface area contributed by atoms with Crippen molar-refractivity contribution in [1.82, 2.24) is 15.4 Å². The Morgan fingerprint density at radius 1 is 1.15 bits per heavy atom. The summed E-state index contributed by atoms with van der Waals surface area (Å²) in [6.45, 7) is 4.16. The number of aromatic nitrogens is 1. The van der Waals surface area contributed by atoms with Crippen LogP contribution < -0.4 is 5.32 Å². The van der Waals surface area contributed by atoms with Crippen LogP contribution in [0.3, 0.4) is 0 Å². The number of benzene rings is 1.